The smallest absolute Gasteiger partial charge is 0.261 e. The molecule has 34 heavy (non-hydrogen) atoms. The predicted octanol–water partition coefficient (Wildman–Crippen LogP) is 2.83. The van der Waals surface area contributed by atoms with E-state index >= 15 is 0 Å². The van der Waals surface area contributed by atoms with E-state index in [9.17, 15) is 9.59 Å². The van der Waals surface area contributed by atoms with Crippen LogP contribution < -0.4 is 10.6 Å². The average Bonchev–Trinajstić information content (AvgIpc) is 3.28. The van der Waals surface area contributed by atoms with E-state index in [1.54, 1.807) is 0 Å². The number of halogens is 1. The summed E-state index contributed by atoms with van der Waals surface area (Å²) in [5.41, 5.74) is 3.46. The van der Waals surface area contributed by atoms with Crippen molar-refractivity contribution in [2.45, 2.75) is 27.3 Å². The maximum atomic E-state index is 13.1. The quantitative estimate of drug-likeness (QED) is 0.462. The Kier molecular flexibility index (Phi) is 7.40. The van der Waals surface area contributed by atoms with Gasteiger partial charge < -0.3 is 15.4 Å². The number of ether oxygens (including phenoxy) is 1. The number of aromatic nitrogens is 3. The summed E-state index contributed by atoms with van der Waals surface area (Å²) >= 11 is 7.49. The van der Waals surface area contributed by atoms with Crippen molar-refractivity contribution >= 4 is 40.5 Å². The van der Waals surface area contributed by atoms with Crippen molar-refractivity contribution in [2.75, 3.05) is 26.3 Å². The third kappa shape index (κ3) is 5.03. The molecule has 3 aromatic rings. The van der Waals surface area contributed by atoms with Crippen molar-refractivity contribution in [1.82, 2.24) is 25.4 Å². The number of aryl methyl sites for hydroxylation is 1. The monoisotopic (exact) mass is 500 g/mol. The third-order valence-corrected chi connectivity index (χ3v) is 6.84. The summed E-state index contributed by atoms with van der Waals surface area (Å²) in [4.78, 5) is 29.4. The molecule has 0 radical (unpaired) electrons. The topological polar surface area (TPSA) is 110 Å². The van der Waals surface area contributed by atoms with E-state index in [4.69, 9.17) is 21.3 Å². The Hall–Kier alpha value is -3.08. The van der Waals surface area contributed by atoms with E-state index < -0.39 is 0 Å². The highest BCUT2D eigenvalue weighted by atomic mass is 35.5. The predicted molar refractivity (Wildman–Crippen MR) is 131 cm³/mol. The molecule has 9 nitrogen and oxygen atoms in total. The van der Waals surface area contributed by atoms with Crippen LogP contribution in [0.3, 0.4) is 0 Å². The van der Waals surface area contributed by atoms with Crippen LogP contribution in [0.25, 0.3) is 5.00 Å². The first-order chi connectivity index (χ1) is 16.4. The molecule has 0 atom stereocenters. The van der Waals surface area contributed by atoms with Crippen molar-refractivity contribution in [2.24, 2.45) is 4.99 Å². The molecule has 0 aliphatic carbocycles. The Bertz CT molecular complexity index is 1250. The van der Waals surface area contributed by atoms with Crippen molar-refractivity contribution in [3.05, 3.63) is 62.5 Å². The number of carbonyl (C=O) groups excluding carboxylic acids is 2. The van der Waals surface area contributed by atoms with Crippen LogP contribution >= 0.6 is 22.9 Å². The number of rotatable bonds is 8. The van der Waals surface area contributed by atoms with Gasteiger partial charge in [0, 0.05) is 36.2 Å². The van der Waals surface area contributed by atoms with Gasteiger partial charge in [-0.25, -0.2) is 0 Å². The molecule has 1 aliphatic rings. The van der Waals surface area contributed by atoms with Crippen molar-refractivity contribution in [3.8, 4) is 5.00 Å². The summed E-state index contributed by atoms with van der Waals surface area (Å²) in [6.07, 6.45) is 0. The fourth-order valence-electron chi connectivity index (χ4n) is 3.71. The molecular formula is C23H25ClN6O3S. The molecule has 3 heterocycles. The first kappa shape index (κ1) is 24.1. The van der Waals surface area contributed by atoms with E-state index in [-0.39, 0.29) is 11.8 Å². The van der Waals surface area contributed by atoms with Gasteiger partial charge in [0.2, 0.25) is 5.91 Å². The number of carbonyl (C=O) groups is 2. The van der Waals surface area contributed by atoms with Gasteiger partial charge in [-0.15, -0.1) is 21.5 Å². The number of hydrogen-bond donors (Lipinski definition) is 2. The molecule has 0 unspecified atom stereocenters. The zero-order valence-electron chi connectivity index (χ0n) is 19.1. The number of nitrogens with one attached hydrogen (secondary N) is 2. The van der Waals surface area contributed by atoms with Gasteiger partial charge in [-0.1, -0.05) is 23.7 Å². The number of aliphatic imine (C=N–C) groups is 1. The average molecular weight is 501 g/mol. The van der Waals surface area contributed by atoms with Crippen LogP contribution in [0.1, 0.15) is 44.9 Å². The third-order valence-electron chi connectivity index (χ3n) is 5.31. The van der Waals surface area contributed by atoms with Crippen molar-refractivity contribution < 1.29 is 14.3 Å². The maximum Gasteiger partial charge on any atom is 0.261 e. The highest BCUT2D eigenvalue weighted by molar-refractivity contribution is 7.17. The molecule has 0 bridgehead atoms. The molecule has 178 valence electrons. The van der Waals surface area contributed by atoms with Crippen LogP contribution in [-0.2, 0) is 16.1 Å². The number of amides is 2. The van der Waals surface area contributed by atoms with Gasteiger partial charge in [0.05, 0.1) is 23.8 Å². The van der Waals surface area contributed by atoms with Gasteiger partial charge in [0.1, 0.15) is 17.4 Å². The van der Waals surface area contributed by atoms with Gasteiger partial charge in [-0.05, 0) is 31.5 Å². The zero-order valence-corrected chi connectivity index (χ0v) is 20.7. The second-order valence-electron chi connectivity index (χ2n) is 7.76. The Labute approximate surface area is 206 Å². The molecule has 2 N–H and O–H groups in total. The summed E-state index contributed by atoms with van der Waals surface area (Å²) in [5.74, 6) is 1.19. The molecule has 4 rings (SSSR count). The molecule has 0 spiro atoms. The first-order valence-corrected chi connectivity index (χ1v) is 12.0. The summed E-state index contributed by atoms with van der Waals surface area (Å²) in [5, 5.41) is 15.6. The normalized spacial score (nSPS) is 12.4. The lowest BCUT2D eigenvalue weighted by Crippen LogP contribution is -2.29. The van der Waals surface area contributed by atoms with Crippen molar-refractivity contribution in [1.29, 1.82) is 0 Å². The zero-order chi connectivity index (χ0) is 24.2. The number of hydrogen-bond acceptors (Lipinski definition) is 7. The minimum Gasteiger partial charge on any atom is -0.378 e. The standard InChI is InChI=1S/C23H25ClN6O3S/c1-13-19-20(16-4-6-17(24)7-5-16)27-12-18-29-28-14(2)30(18)23(19)34-21(13)22(32)26-9-11-33-10-8-25-15(3)31/h4-7H,8-12H2,1-3H3,(H,25,31)(H,26,32). The van der Waals surface area contributed by atoms with Gasteiger partial charge >= 0.3 is 0 Å². The lowest BCUT2D eigenvalue weighted by molar-refractivity contribution is -0.119. The largest absolute Gasteiger partial charge is 0.378 e. The lowest BCUT2D eigenvalue weighted by atomic mass is 9.99. The van der Waals surface area contributed by atoms with Crippen LogP contribution in [0.5, 0.6) is 0 Å². The first-order valence-electron chi connectivity index (χ1n) is 10.8. The van der Waals surface area contributed by atoms with Crippen LogP contribution in [-0.4, -0.2) is 58.6 Å². The molecule has 0 saturated carbocycles. The molecule has 0 saturated heterocycles. The molecule has 1 aromatic carbocycles. The van der Waals surface area contributed by atoms with Crippen LogP contribution in [0, 0.1) is 13.8 Å². The molecule has 2 amide bonds. The fourth-order valence-corrected chi connectivity index (χ4v) is 5.13. The highest BCUT2D eigenvalue weighted by Crippen LogP contribution is 2.36. The van der Waals surface area contributed by atoms with Crippen LogP contribution in [0.4, 0.5) is 0 Å². The minimum atomic E-state index is -0.177. The Morgan fingerprint density at radius 3 is 2.53 bits per heavy atom. The summed E-state index contributed by atoms with van der Waals surface area (Å²) in [6.45, 7) is 7.20. The van der Waals surface area contributed by atoms with Gasteiger partial charge in [0.25, 0.3) is 5.91 Å². The summed E-state index contributed by atoms with van der Waals surface area (Å²) in [7, 11) is 0. The Morgan fingerprint density at radius 1 is 1.12 bits per heavy atom. The lowest BCUT2D eigenvalue weighted by Gasteiger charge is -2.09. The van der Waals surface area contributed by atoms with E-state index in [0.717, 1.165) is 39.1 Å². The van der Waals surface area contributed by atoms with Gasteiger partial charge in [-0.2, -0.15) is 0 Å². The van der Waals surface area contributed by atoms with Crippen LogP contribution in [0.2, 0.25) is 5.02 Å². The molecule has 11 heteroatoms. The molecule has 1 aliphatic heterocycles. The minimum absolute atomic E-state index is 0.0992. The second-order valence-corrected chi connectivity index (χ2v) is 9.19. The summed E-state index contributed by atoms with van der Waals surface area (Å²) < 4.78 is 7.43. The molecule has 0 fully saturated rings. The van der Waals surface area contributed by atoms with E-state index in [0.29, 0.717) is 42.7 Å². The SMILES string of the molecule is CC(=O)NCCOCCNC(=O)c1sc2c(c1C)C(c1ccc(Cl)cc1)=NCc1nnc(C)n1-2. The highest BCUT2D eigenvalue weighted by Gasteiger charge is 2.29. The fraction of sp³-hybridized carbons (Fsp3) is 0.348. The van der Waals surface area contributed by atoms with Crippen molar-refractivity contribution in [3.63, 3.8) is 0 Å². The molecule has 2 aromatic heterocycles. The van der Waals surface area contributed by atoms with E-state index in [1.807, 2.05) is 42.7 Å². The van der Waals surface area contributed by atoms with E-state index in [2.05, 4.69) is 20.8 Å². The summed E-state index contributed by atoms with van der Waals surface area (Å²) in [6, 6.07) is 7.52. The number of fused-ring (bicyclic) bond motifs is 3. The van der Waals surface area contributed by atoms with E-state index in [1.165, 1.54) is 18.3 Å². The number of nitrogens with zero attached hydrogens (tertiary/aromatic N) is 4. The van der Waals surface area contributed by atoms with Gasteiger partial charge in [-0.3, -0.25) is 19.1 Å². The number of benzene rings is 1. The second kappa shape index (κ2) is 10.5. The maximum absolute atomic E-state index is 13.1. The number of thiophene rings is 1. The molecular weight excluding hydrogens is 476 g/mol. The Balaban J connectivity index is 1.58. The van der Waals surface area contributed by atoms with Crippen LogP contribution in [0.15, 0.2) is 29.3 Å². The van der Waals surface area contributed by atoms with Gasteiger partial charge in [0.15, 0.2) is 5.82 Å². The Morgan fingerprint density at radius 2 is 1.82 bits per heavy atom.